The molecule has 2 aliphatic heterocycles. The third kappa shape index (κ3) is 2.72. The summed E-state index contributed by atoms with van der Waals surface area (Å²) in [7, 11) is 0. The molecular formula is C20H20FN5O2. The van der Waals surface area contributed by atoms with Crippen LogP contribution in [0.25, 0.3) is 11.3 Å². The van der Waals surface area contributed by atoms with Gasteiger partial charge in [0.05, 0.1) is 24.0 Å². The maximum Gasteiger partial charge on any atom is 0.180 e. The molecule has 7 nitrogen and oxygen atoms in total. The summed E-state index contributed by atoms with van der Waals surface area (Å²) in [5, 5.41) is 7.63. The highest BCUT2D eigenvalue weighted by Crippen LogP contribution is 2.36. The molecule has 2 bridgehead atoms. The predicted molar refractivity (Wildman–Crippen MR) is 103 cm³/mol. The van der Waals surface area contributed by atoms with Gasteiger partial charge in [-0.05, 0) is 25.1 Å². The van der Waals surface area contributed by atoms with Crippen molar-refractivity contribution in [3.05, 3.63) is 54.1 Å². The first-order valence-corrected chi connectivity index (χ1v) is 9.22. The van der Waals surface area contributed by atoms with Crippen LogP contribution in [0.5, 0.6) is 11.5 Å². The number of nitrogens with one attached hydrogen (secondary N) is 1. The highest BCUT2D eigenvalue weighted by Gasteiger charge is 2.29. The summed E-state index contributed by atoms with van der Waals surface area (Å²) in [4.78, 5) is 6.96. The Morgan fingerprint density at radius 1 is 1.29 bits per heavy atom. The molecule has 0 aliphatic carbocycles. The first-order valence-electron chi connectivity index (χ1n) is 9.22. The normalized spacial score (nSPS) is 19.0. The zero-order valence-corrected chi connectivity index (χ0v) is 15.5. The van der Waals surface area contributed by atoms with Gasteiger partial charge in [-0.2, -0.15) is 5.10 Å². The molecule has 0 spiro atoms. The van der Waals surface area contributed by atoms with E-state index in [0.717, 1.165) is 16.8 Å². The van der Waals surface area contributed by atoms with Crippen LogP contribution < -0.4 is 19.7 Å². The second-order valence-electron chi connectivity index (χ2n) is 7.05. The summed E-state index contributed by atoms with van der Waals surface area (Å²) in [6, 6.07) is 4.68. The zero-order chi connectivity index (χ0) is 19.3. The van der Waals surface area contributed by atoms with E-state index in [0.29, 0.717) is 49.3 Å². The van der Waals surface area contributed by atoms with Crippen LogP contribution in [0.3, 0.4) is 0 Å². The first-order chi connectivity index (χ1) is 13.6. The van der Waals surface area contributed by atoms with Gasteiger partial charge >= 0.3 is 0 Å². The summed E-state index contributed by atoms with van der Waals surface area (Å²) < 4.78 is 27.5. The number of rotatable bonds is 0. The number of aromatic nitrogens is 3. The van der Waals surface area contributed by atoms with Crippen molar-refractivity contribution in [3.63, 3.8) is 0 Å². The van der Waals surface area contributed by atoms with Gasteiger partial charge < -0.3 is 19.7 Å². The molecule has 0 saturated carbocycles. The summed E-state index contributed by atoms with van der Waals surface area (Å²) >= 11 is 0. The van der Waals surface area contributed by atoms with Crippen molar-refractivity contribution in [2.45, 2.75) is 19.5 Å². The lowest BCUT2D eigenvalue weighted by Crippen LogP contribution is -2.41. The third-order valence-electron chi connectivity index (χ3n) is 5.11. The van der Waals surface area contributed by atoms with Gasteiger partial charge in [0.2, 0.25) is 0 Å². The van der Waals surface area contributed by atoms with E-state index in [-0.39, 0.29) is 11.9 Å². The van der Waals surface area contributed by atoms with Crippen LogP contribution in [-0.2, 0) is 6.54 Å². The van der Waals surface area contributed by atoms with Crippen molar-refractivity contribution in [2.75, 3.05) is 24.7 Å². The van der Waals surface area contributed by atoms with E-state index in [1.807, 2.05) is 6.20 Å². The molecule has 28 heavy (non-hydrogen) atoms. The smallest absolute Gasteiger partial charge is 0.180 e. The number of ether oxygens (including phenoxy) is 2. The van der Waals surface area contributed by atoms with Gasteiger partial charge in [-0.25, -0.2) is 13.9 Å². The monoisotopic (exact) mass is 381 g/mol. The zero-order valence-electron chi connectivity index (χ0n) is 15.5. The van der Waals surface area contributed by atoms with Crippen LogP contribution >= 0.6 is 0 Å². The van der Waals surface area contributed by atoms with E-state index in [9.17, 15) is 4.39 Å². The summed E-state index contributed by atoms with van der Waals surface area (Å²) in [6.07, 6.45) is 3.57. The molecule has 144 valence electrons. The summed E-state index contributed by atoms with van der Waals surface area (Å²) in [5.74, 6) is 1.72. The van der Waals surface area contributed by atoms with Crippen molar-refractivity contribution in [1.82, 2.24) is 19.9 Å². The minimum absolute atomic E-state index is 0.0661. The van der Waals surface area contributed by atoms with Crippen LogP contribution in [0.4, 0.5) is 10.2 Å². The highest BCUT2D eigenvalue weighted by molar-refractivity contribution is 5.75. The molecule has 2 aromatic heterocycles. The second kappa shape index (κ2) is 6.40. The average Bonchev–Trinajstić information content (AvgIpc) is 3.09. The van der Waals surface area contributed by atoms with Crippen LogP contribution in [0.1, 0.15) is 18.1 Å². The highest BCUT2D eigenvalue weighted by atomic mass is 19.1. The van der Waals surface area contributed by atoms with Gasteiger partial charge in [-0.15, -0.1) is 0 Å². The van der Waals surface area contributed by atoms with Crippen LogP contribution in [-0.4, -0.2) is 40.4 Å². The molecule has 4 heterocycles. The number of anilines is 1. The molecule has 2 aliphatic rings. The number of hydrogen-bond acceptors (Lipinski definition) is 6. The molecular weight excluding hydrogens is 361 g/mol. The Bertz CT molecular complexity index is 1080. The number of hydrogen-bond donors (Lipinski definition) is 1. The third-order valence-corrected chi connectivity index (χ3v) is 5.11. The van der Waals surface area contributed by atoms with Gasteiger partial charge in [0.1, 0.15) is 24.8 Å². The quantitative estimate of drug-likeness (QED) is 0.646. The largest absolute Gasteiger partial charge is 0.491 e. The molecule has 1 atom stereocenters. The Kier molecular flexibility index (Phi) is 3.85. The fourth-order valence-corrected chi connectivity index (χ4v) is 3.60. The van der Waals surface area contributed by atoms with E-state index in [1.165, 1.54) is 12.1 Å². The number of fused-ring (bicyclic) bond motifs is 1. The van der Waals surface area contributed by atoms with Crippen molar-refractivity contribution in [2.24, 2.45) is 0 Å². The molecule has 1 N–H and O–H groups in total. The van der Waals surface area contributed by atoms with E-state index >= 15 is 0 Å². The van der Waals surface area contributed by atoms with Crippen LogP contribution in [0.2, 0.25) is 0 Å². The molecule has 5 rings (SSSR count). The van der Waals surface area contributed by atoms with E-state index < -0.39 is 0 Å². The Morgan fingerprint density at radius 3 is 3.07 bits per heavy atom. The molecule has 8 heteroatoms. The minimum atomic E-state index is -0.291. The lowest BCUT2D eigenvalue weighted by molar-refractivity contribution is 0.263. The van der Waals surface area contributed by atoms with Gasteiger partial charge in [0.15, 0.2) is 17.2 Å². The van der Waals surface area contributed by atoms with Crippen molar-refractivity contribution >= 4 is 17.2 Å². The topological polar surface area (TPSA) is 63.9 Å². The average molecular weight is 381 g/mol. The summed E-state index contributed by atoms with van der Waals surface area (Å²) in [6.45, 7) is 8.12. The first kappa shape index (κ1) is 16.9. The maximum atomic E-state index is 14.0. The molecule has 0 radical (unpaired) electrons. The molecule has 1 aromatic carbocycles. The second-order valence-corrected chi connectivity index (χ2v) is 7.05. The Labute approximate surface area is 161 Å². The Hall–Kier alpha value is -3.29. The van der Waals surface area contributed by atoms with Gasteiger partial charge in [0, 0.05) is 24.4 Å². The standard InChI is InChI=1S/C20H20FN5O2/c1-12-11-28-18-10-26-19-16(8-23-26)13(2)22-5-6-27-17-4-3-15(21)7-14(17)9-25(12)20(18)24-19/h3-4,7-8,10,12,22H,2,5-6,9,11H2,1H3/t12-/m1/s1. The number of benzene rings is 1. The predicted octanol–water partition coefficient (Wildman–Crippen LogP) is 2.61. The van der Waals surface area contributed by atoms with Gasteiger partial charge in [0.25, 0.3) is 0 Å². The van der Waals surface area contributed by atoms with Gasteiger partial charge in [-0.3, -0.25) is 0 Å². The number of halogens is 1. The fraction of sp³-hybridized carbons (Fsp3) is 0.300. The van der Waals surface area contributed by atoms with E-state index in [1.54, 1.807) is 16.8 Å². The number of nitrogens with zero attached hydrogens (tertiary/aromatic N) is 4. The fourth-order valence-electron chi connectivity index (χ4n) is 3.60. The Balaban J connectivity index is 1.69. The minimum Gasteiger partial charge on any atom is -0.491 e. The van der Waals surface area contributed by atoms with Crippen LogP contribution in [0, 0.1) is 5.82 Å². The van der Waals surface area contributed by atoms with Crippen molar-refractivity contribution in [3.8, 4) is 11.5 Å². The van der Waals surface area contributed by atoms with Gasteiger partial charge in [-0.1, -0.05) is 6.58 Å². The van der Waals surface area contributed by atoms with Crippen LogP contribution in [0.15, 0.2) is 37.2 Å². The molecule has 3 aromatic rings. The summed E-state index contributed by atoms with van der Waals surface area (Å²) in [5.41, 5.74) is 3.01. The SMILES string of the molecule is C=C1NCCOc2ccc(F)cc2CN2c3nc4c1cnn4cc3OC[C@H]2C. The lowest BCUT2D eigenvalue weighted by Gasteiger charge is -2.36. The van der Waals surface area contributed by atoms with E-state index in [4.69, 9.17) is 14.5 Å². The van der Waals surface area contributed by atoms with E-state index in [2.05, 4.69) is 28.8 Å². The van der Waals surface area contributed by atoms with Crippen molar-refractivity contribution in [1.29, 1.82) is 0 Å². The molecule has 0 amide bonds. The van der Waals surface area contributed by atoms with Crippen molar-refractivity contribution < 1.29 is 13.9 Å². The molecule has 0 fully saturated rings. The Morgan fingerprint density at radius 2 is 2.18 bits per heavy atom. The molecule has 0 saturated heterocycles. The molecule has 0 unspecified atom stereocenters. The maximum absolute atomic E-state index is 14.0. The lowest BCUT2D eigenvalue weighted by atomic mass is 10.1.